The molecule has 6 heteroatoms. The standard InChI is InChI=1S/C14H18O6/c1-6-9-10(14(16)20-8(2)15)7-11(17-3)13(19-5)12(9)18-4/h7H,6H2,1-5H3. The lowest BCUT2D eigenvalue weighted by atomic mass is 10.0. The highest BCUT2D eigenvalue weighted by Gasteiger charge is 2.24. The number of benzene rings is 1. The molecule has 0 aliphatic carbocycles. The lowest BCUT2D eigenvalue weighted by Gasteiger charge is -2.17. The molecular formula is C14H18O6. The second-order valence-electron chi connectivity index (χ2n) is 3.91. The van der Waals surface area contributed by atoms with Crippen molar-refractivity contribution in [2.75, 3.05) is 21.3 Å². The number of carbonyl (C=O) groups is 2. The van der Waals surface area contributed by atoms with Crippen molar-refractivity contribution in [3.8, 4) is 17.2 Å². The van der Waals surface area contributed by atoms with Crippen LogP contribution >= 0.6 is 0 Å². The van der Waals surface area contributed by atoms with Crippen molar-refractivity contribution in [1.29, 1.82) is 0 Å². The van der Waals surface area contributed by atoms with E-state index in [1.165, 1.54) is 34.3 Å². The summed E-state index contributed by atoms with van der Waals surface area (Å²) in [5.41, 5.74) is 0.814. The first-order valence-electron chi connectivity index (χ1n) is 6.04. The van der Waals surface area contributed by atoms with E-state index in [0.29, 0.717) is 29.2 Å². The Labute approximate surface area is 117 Å². The Kier molecular flexibility index (Phi) is 5.37. The average Bonchev–Trinajstić information content (AvgIpc) is 2.43. The van der Waals surface area contributed by atoms with Crippen LogP contribution in [0.4, 0.5) is 0 Å². The Morgan fingerprint density at radius 1 is 1.05 bits per heavy atom. The van der Waals surface area contributed by atoms with Gasteiger partial charge in [-0.1, -0.05) is 6.92 Å². The van der Waals surface area contributed by atoms with Crippen LogP contribution in [-0.2, 0) is 16.0 Å². The van der Waals surface area contributed by atoms with Crippen LogP contribution in [0, 0.1) is 0 Å². The Hall–Kier alpha value is -2.24. The van der Waals surface area contributed by atoms with Gasteiger partial charge in [0.1, 0.15) is 0 Å². The molecule has 0 unspecified atom stereocenters. The summed E-state index contributed by atoms with van der Waals surface area (Å²) in [6.07, 6.45) is 0.506. The quantitative estimate of drug-likeness (QED) is 0.607. The lowest BCUT2D eigenvalue weighted by Crippen LogP contribution is -2.13. The minimum atomic E-state index is -0.742. The van der Waals surface area contributed by atoms with E-state index in [-0.39, 0.29) is 5.56 Å². The van der Waals surface area contributed by atoms with E-state index in [4.69, 9.17) is 14.2 Å². The Morgan fingerprint density at radius 3 is 2.05 bits per heavy atom. The molecule has 0 aromatic heterocycles. The van der Waals surface area contributed by atoms with Gasteiger partial charge in [0.15, 0.2) is 11.5 Å². The Balaban J connectivity index is 3.51. The van der Waals surface area contributed by atoms with E-state index >= 15 is 0 Å². The lowest BCUT2D eigenvalue weighted by molar-refractivity contribution is -0.135. The maximum Gasteiger partial charge on any atom is 0.346 e. The van der Waals surface area contributed by atoms with E-state index in [1.807, 2.05) is 6.92 Å². The summed E-state index contributed by atoms with van der Waals surface area (Å²) in [6.45, 7) is 3.02. The number of methoxy groups -OCH3 is 3. The van der Waals surface area contributed by atoms with Gasteiger partial charge in [0.05, 0.1) is 26.9 Å². The summed E-state index contributed by atoms with van der Waals surface area (Å²) in [5.74, 6) is -0.299. The summed E-state index contributed by atoms with van der Waals surface area (Å²) in [5, 5.41) is 0. The third-order valence-corrected chi connectivity index (χ3v) is 2.74. The number of carbonyl (C=O) groups excluding carboxylic acids is 2. The van der Waals surface area contributed by atoms with Gasteiger partial charge >= 0.3 is 11.9 Å². The van der Waals surface area contributed by atoms with E-state index in [9.17, 15) is 9.59 Å². The number of ether oxygens (including phenoxy) is 4. The van der Waals surface area contributed by atoms with Gasteiger partial charge in [0.25, 0.3) is 0 Å². The highest BCUT2D eigenvalue weighted by molar-refractivity contribution is 5.99. The van der Waals surface area contributed by atoms with Gasteiger partial charge < -0.3 is 18.9 Å². The molecule has 1 aromatic rings. The molecule has 0 radical (unpaired) electrons. The molecule has 6 nitrogen and oxygen atoms in total. The van der Waals surface area contributed by atoms with Crippen molar-refractivity contribution < 1.29 is 28.5 Å². The first-order chi connectivity index (χ1) is 9.49. The molecule has 1 aromatic carbocycles. The topological polar surface area (TPSA) is 71.1 Å². The second kappa shape index (κ2) is 6.79. The molecule has 0 N–H and O–H groups in total. The minimum absolute atomic E-state index is 0.220. The van der Waals surface area contributed by atoms with Gasteiger partial charge in [-0.05, 0) is 12.5 Å². The number of esters is 2. The predicted octanol–water partition coefficient (Wildman–Crippen LogP) is 1.98. The zero-order valence-electron chi connectivity index (χ0n) is 12.2. The molecular weight excluding hydrogens is 264 g/mol. The predicted molar refractivity (Wildman–Crippen MR) is 71.6 cm³/mol. The smallest absolute Gasteiger partial charge is 0.346 e. The largest absolute Gasteiger partial charge is 0.493 e. The molecule has 1 rings (SSSR count). The van der Waals surface area contributed by atoms with Crippen LogP contribution in [0.25, 0.3) is 0 Å². The SMILES string of the molecule is CCc1c(C(=O)OC(C)=O)cc(OC)c(OC)c1OC. The molecule has 0 fully saturated rings. The summed E-state index contributed by atoms with van der Waals surface area (Å²) in [4.78, 5) is 22.9. The summed E-state index contributed by atoms with van der Waals surface area (Å²) in [6, 6.07) is 1.48. The van der Waals surface area contributed by atoms with Crippen molar-refractivity contribution >= 4 is 11.9 Å². The van der Waals surface area contributed by atoms with Crippen LogP contribution in [0.15, 0.2) is 6.07 Å². The molecule has 0 heterocycles. The molecule has 0 saturated heterocycles. The highest BCUT2D eigenvalue weighted by Crippen LogP contribution is 2.42. The van der Waals surface area contributed by atoms with Crippen molar-refractivity contribution in [2.45, 2.75) is 20.3 Å². The zero-order chi connectivity index (χ0) is 15.3. The Morgan fingerprint density at radius 2 is 1.65 bits per heavy atom. The van der Waals surface area contributed by atoms with Gasteiger partial charge in [-0.3, -0.25) is 4.79 Å². The average molecular weight is 282 g/mol. The van der Waals surface area contributed by atoms with Crippen molar-refractivity contribution in [2.24, 2.45) is 0 Å². The third-order valence-electron chi connectivity index (χ3n) is 2.74. The van der Waals surface area contributed by atoms with Crippen LogP contribution < -0.4 is 14.2 Å². The van der Waals surface area contributed by atoms with E-state index in [1.54, 1.807) is 0 Å². The van der Waals surface area contributed by atoms with Gasteiger partial charge in [-0.15, -0.1) is 0 Å². The summed E-state index contributed by atoms with van der Waals surface area (Å²) >= 11 is 0. The van der Waals surface area contributed by atoms with Crippen LogP contribution in [0.2, 0.25) is 0 Å². The van der Waals surface area contributed by atoms with Crippen LogP contribution in [-0.4, -0.2) is 33.3 Å². The fraction of sp³-hybridized carbons (Fsp3) is 0.429. The normalized spacial score (nSPS) is 9.85. The van der Waals surface area contributed by atoms with Gasteiger partial charge in [0, 0.05) is 12.5 Å². The number of rotatable bonds is 5. The van der Waals surface area contributed by atoms with Crippen molar-refractivity contribution in [3.05, 3.63) is 17.2 Å². The molecule has 0 aliphatic rings. The molecule has 0 bridgehead atoms. The Bertz CT molecular complexity index is 521. The molecule has 0 atom stereocenters. The van der Waals surface area contributed by atoms with Crippen LogP contribution in [0.5, 0.6) is 17.2 Å². The molecule has 20 heavy (non-hydrogen) atoms. The highest BCUT2D eigenvalue weighted by atomic mass is 16.6. The maximum absolute atomic E-state index is 12.0. The minimum Gasteiger partial charge on any atom is -0.493 e. The van der Waals surface area contributed by atoms with Gasteiger partial charge in [-0.2, -0.15) is 0 Å². The van der Waals surface area contributed by atoms with Crippen LogP contribution in [0.3, 0.4) is 0 Å². The molecule has 0 amide bonds. The van der Waals surface area contributed by atoms with Crippen molar-refractivity contribution in [3.63, 3.8) is 0 Å². The number of hydrogen-bond acceptors (Lipinski definition) is 6. The molecule has 0 saturated carbocycles. The zero-order valence-corrected chi connectivity index (χ0v) is 12.2. The second-order valence-corrected chi connectivity index (χ2v) is 3.91. The monoisotopic (exact) mass is 282 g/mol. The summed E-state index contributed by atoms with van der Waals surface area (Å²) in [7, 11) is 4.40. The van der Waals surface area contributed by atoms with Gasteiger partial charge in [0.2, 0.25) is 5.75 Å². The first-order valence-corrected chi connectivity index (χ1v) is 6.04. The van der Waals surface area contributed by atoms with Gasteiger partial charge in [-0.25, -0.2) is 4.79 Å². The van der Waals surface area contributed by atoms with E-state index in [0.717, 1.165) is 0 Å². The third kappa shape index (κ3) is 3.01. The fourth-order valence-corrected chi connectivity index (χ4v) is 1.93. The molecule has 0 aliphatic heterocycles. The molecule has 110 valence electrons. The number of hydrogen-bond donors (Lipinski definition) is 0. The fourth-order valence-electron chi connectivity index (χ4n) is 1.93. The maximum atomic E-state index is 12.0. The molecule has 0 spiro atoms. The van der Waals surface area contributed by atoms with E-state index < -0.39 is 11.9 Å². The first kappa shape index (κ1) is 15.8. The van der Waals surface area contributed by atoms with Crippen molar-refractivity contribution in [1.82, 2.24) is 0 Å². The van der Waals surface area contributed by atoms with E-state index in [2.05, 4.69) is 4.74 Å². The van der Waals surface area contributed by atoms with Crippen LogP contribution in [0.1, 0.15) is 29.8 Å². The summed E-state index contributed by atoms with van der Waals surface area (Å²) < 4.78 is 20.3.